The molecule has 0 amide bonds. The van der Waals surface area contributed by atoms with Crippen molar-refractivity contribution in [2.75, 3.05) is 7.05 Å². The summed E-state index contributed by atoms with van der Waals surface area (Å²) >= 11 is 0. The summed E-state index contributed by atoms with van der Waals surface area (Å²) < 4.78 is 0. The van der Waals surface area contributed by atoms with Crippen LogP contribution in [-0.4, -0.2) is 16.9 Å². The van der Waals surface area contributed by atoms with Crippen molar-refractivity contribution in [2.45, 2.75) is 39.2 Å². The fraction of sp³-hybridized carbons (Fsp3) is 0.350. The van der Waals surface area contributed by atoms with Crippen LogP contribution in [0.2, 0.25) is 0 Å². The predicted octanol–water partition coefficient (Wildman–Crippen LogP) is 4.69. The van der Waals surface area contributed by atoms with Crippen molar-refractivity contribution in [3.8, 4) is 0 Å². The summed E-state index contributed by atoms with van der Waals surface area (Å²) in [6.07, 6.45) is 4.27. The fourth-order valence-corrected chi connectivity index (χ4v) is 3.33. The Bertz CT molecular complexity index is 730. The zero-order chi connectivity index (χ0) is 15.9. The van der Waals surface area contributed by atoms with Gasteiger partial charge >= 0.3 is 0 Å². The van der Waals surface area contributed by atoms with Crippen LogP contribution in [0.5, 0.6) is 0 Å². The second-order valence-corrected chi connectivity index (χ2v) is 6.64. The van der Waals surface area contributed by atoms with E-state index in [4.69, 9.17) is 4.98 Å². The molecular formula is C20H24N2. The molecule has 22 heavy (non-hydrogen) atoms. The fourth-order valence-electron chi connectivity index (χ4n) is 3.33. The summed E-state index contributed by atoms with van der Waals surface area (Å²) in [7, 11) is 2.14. The monoisotopic (exact) mass is 292 g/mol. The molecule has 2 nitrogen and oxygen atoms in total. The number of rotatable bonds is 2. The highest BCUT2D eigenvalue weighted by Crippen LogP contribution is 2.41. The second kappa shape index (κ2) is 5.28. The molecule has 1 unspecified atom stereocenters. The van der Waals surface area contributed by atoms with Gasteiger partial charge in [0.05, 0.1) is 11.2 Å². The molecule has 0 aliphatic carbocycles. The molecule has 0 saturated heterocycles. The molecule has 0 fully saturated rings. The summed E-state index contributed by atoms with van der Waals surface area (Å²) in [5.74, 6) is 0.447. The van der Waals surface area contributed by atoms with E-state index in [1.807, 2.05) is 0 Å². The van der Waals surface area contributed by atoms with Gasteiger partial charge in [0.15, 0.2) is 0 Å². The minimum absolute atomic E-state index is 0.183. The highest BCUT2D eigenvalue weighted by Gasteiger charge is 2.37. The lowest BCUT2D eigenvalue weighted by Gasteiger charge is -2.43. The number of benzene rings is 1. The molecule has 0 spiro atoms. The van der Waals surface area contributed by atoms with Crippen LogP contribution in [-0.2, 0) is 5.54 Å². The highest BCUT2D eigenvalue weighted by atomic mass is 15.2. The molecule has 1 aliphatic heterocycles. The lowest BCUT2D eigenvalue weighted by atomic mass is 9.78. The van der Waals surface area contributed by atoms with Gasteiger partial charge in [0.25, 0.3) is 0 Å². The number of hydrogen-bond donors (Lipinski definition) is 0. The van der Waals surface area contributed by atoms with Crippen molar-refractivity contribution < 1.29 is 0 Å². The summed E-state index contributed by atoms with van der Waals surface area (Å²) in [5.41, 5.74) is 5.98. The minimum atomic E-state index is -0.183. The van der Waals surface area contributed by atoms with Crippen molar-refractivity contribution >= 4 is 6.08 Å². The van der Waals surface area contributed by atoms with Gasteiger partial charge in [0.2, 0.25) is 0 Å². The first-order chi connectivity index (χ1) is 10.4. The summed E-state index contributed by atoms with van der Waals surface area (Å²) in [6, 6.07) is 13.1. The Morgan fingerprint density at radius 3 is 2.45 bits per heavy atom. The standard InChI is InChI=1S/C20H24N2/c1-14(2)18-11-10-17-19(21-18)12-13-22(5)20(17,4)16-9-7-6-8-15(16)3/h6-14H,1-5H3. The second-order valence-electron chi connectivity index (χ2n) is 6.64. The van der Waals surface area contributed by atoms with Gasteiger partial charge in [-0.05, 0) is 43.0 Å². The third-order valence-electron chi connectivity index (χ3n) is 4.89. The van der Waals surface area contributed by atoms with Crippen LogP contribution in [0.25, 0.3) is 6.08 Å². The number of nitrogens with zero attached hydrogens (tertiary/aromatic N) is 2. The van der Waals surface area contributed by atoms with Gasteiger partial charge in [-0.15, -0.1) is 0 Å². The Balaban J connectivity index is 2.22. The number of aromatic nitrogens is 1. The first kappa shape index (κ1) is 14.8. The molecule has 0 saturated carbocycles. The molecule has 0 radical (unpaired) electrons. The van der Waals surface area contributed by atoms with Crippen LogP contribution < -0.4 is 0 Å². The maximum atomic E-state index is 4.88. The van der Waals surface area contributed by atoms with E-state index in [9.17, 15) is 0 Å². The lowest BCUT2D eigenvalue weighted by molar-refractivity contribution is 0.249. The Kier molecular flexibility index (Phi) is 3.56. The van der Waals surface area contributed by atoms with E-state index in [1.165, 1.54) is 16.7 Å². The third-order valence-corrected chi connectivity index (χ3v) is 4.89. The molecule has 0 N–H and O–H groups in total. The van der Waals surface area contributed by atoms with Crippen molar-refractivity contribution in [3.63, 3.8) is 0 Å². The minimum Gasteiger partial charge on any atom is -0.367 e. The number of hydrogen-bond acceptors (Lipinski definition) is 2. The molecular weight excluding hydrogens is 268 g/mol. The average molecular weight is 292 g/mol. The van der Waals surface area contributed by atoms with E-state index in [1.54, 1.807) is 0 Å². The predicted molar refractivity (Wildman–Crippen MR) is 92.8 cm³/mol. The van der Waals surface area contributed by atoms with Gasteiger partial charge in [-0.2, -0.15) is 0 Å². The Morgan fingerprint density at radius 1 is 1.05 bits per heavy atom. The Hall–Kier alpha value is -2.09. The molecule has 114 valence electrons. The van der Waals surface area contributed by atoms with Gasteiger partial charge < -0.3 is 4.90 Å². The first-order valence-corrected chi connectivity index (χ1v) is 7.93. The van der Waals surface area contributed by atoms with E-state index in [-0.39, 0.29) is 5.54 Å². The Labute approximate surface area is 133 Å². The molecule has 3 rings (SSSR count). The van der Waals surface area contributed by atoms with Crippen LogP contribution in [0.15, 0.2) is 42.6 Å². The van der Waals surface area contributed by atoms with Gasteiger partial charge in [0, 0.05) is 24.5 Å². The normalized spacial score (nSPS) is 20.4. The molecule has 1 aromatic carbocycles. The number of fused-ring (bicyclic) bond motifs is 1. The first-order valence-electron chi connectivity index (χ1n) is 7.93. The smallest absolute Gasteiger partial charge is 0.0892 e. The average Bonchev–Trinajstić information content (AvgIpc) is 2.51. The van der Waals surface area contributed by atoms with Gasteiger partial charge in [-0.1, -0.05) is 44.2 Å². The maximum absolute atomic E-state index is 4.88. The van der Waals surface area contributed by atoms with Crippen molar-refractivity contribution in [1.29, 1.82) is 0 Å². The molecule has 2 heteroatoms. The van der Waals surface area contributed by atoms with E-state index in [0.717, 1.165) is 11.4 Å². The summed E-state index contributed by atoms with van der Waals surface area (Å²) in [5, 5.41) is 0. The van der Waals surface area contributed by atoms with Crippen LogP contribution in [0.4, 0.5) is 0 Å². The van der Waals surface area contributed by atoms with Crippen LogP contribution in [0.1, 0.15) is 54.8 Å². The highest BCUT2D eigenvalue weighted by molar-refractivity contribution is 5.59. The lowest BCUT2D eigenvalue weighted by Crippen LogP contribution is -2.42. The van der Waals surface area contributed by atoms with Gasteiger partial charge in [-0.3, -0.25) is 4.98 Å². The SMILES string of the molecule is Cc1ccccc1C1(C)c2ccc(C(C)C)nc2C=CN1C. The van der Waals surface area contributed by atoms with E-state index >= 15 is 0 Å². The van der Waals surface area contributed by atoms with Gasteiger partial charge in [0.1, 0.15) is 0 Å². The quantitative estimate of drug-likeness (QED) is 0.798. The number of aryl methyl sites for hydroxylation is 1. The van der Waals surface area contributed by atoms with Crippen LogP contribution in [0, 0.1) is 6.92 Å². The maximum Gasteiger partial charge on any atom is 0.0892 e. The van der Waals surface area contributed by atoms with Crippen molar-refractivity contribution in [3.05, 3.63) is 70.7 Å². The van der Waals surface area contributed by atoms with E-state index in [0.29, 0.717) is 5.92 Å². The molecule has 1 aliphatic rings. The summed E-state index contributed by atoms with van der Waals surface area (Å²) in [6.45, 7) is 8.85. The molecule has 1 atom stereocenters. The van der Waals surface area contributed by atoms with E-state index in [2.05, 4.69) is 88.3 Å². The molecule has 2 aromatic rings. The van der Waals surface area contributed by atoms with Crippen LogP contribution in [0.3, 0.4) is 0 Å². The third kappa shape index (κ3) is 2.14. The van der Waals surface area contributed by atoms with Gasteiger partial charge in [-0.25, -0.2) is 0 Å². The Morgan fingerprint density at radius 2 is 1.77 bits per heavy atom. The molecule has 1 aromatic heterocycles. The topological polar surface area (TPSA) is 16.1 Å². The van der Waals surface area contributed by atoms with E-state index < -0.39 is 0 Å². The van der Waals surface area contributed by atoms with Crippen molar-refractivity contribution in [2.24, 2.45) is 0 Å². The summed E-state index contributed by atoms with van der Waals surface area (Å²) in [4.78, 5) is 7.17. The number of pyridine rings is 1. The zero-order valence-electron chi connectivity index (χ0n) is 14.1. The largest absolute Gasteiger partial charge is 0.367 e. The van der Waals surface area contributed by atoms with Crippen molar-refractivity contribution in [1.82, 2.24) is 9.88 Å². The van der Waals surface area contributed by atoms with Crippen LogP contribution >= 0.6 is 0 Å². The molecule has 0 bridgehead atoms. The zero-order valence-corrected chi connectivity index (χ0v) is 14.1. The molecule has 2 heterocycles.